The van der Waals surface area contributed by atoms with E-state index >= 15 is 0 Å². The van der Waals surface area contributed by atoms with Crippen LogP contribution in [0.1, 0.15) is 5.56 Å². The van der Waals surface area contributed by atoms with E-state index in [0.717, 1.165) is 5.56 Å². The third-order valence-corrected chi connectivity index (χ3v) is 1.91. The van der Waals surface area contributed by atoms with Gasteiger partial charge in [-0.1, -0.05) is 0 Å². The summed E-state index contributed by atoms with van der Waals surface area (Å²) in [6, 6.07) is 3.99. The van der Waals surface area contributed by atoms with Gasteiger partial charge in [-0.15, -0.1) is 5.10 Å². The Labute approximate surface area is 86.7 Å². The average Bonchev–Trinajstić information content (AvgIpc) is 2.60. The minimum Gasteiger partial charge on any atom is -0.466 e. The van der Waals surface area contributed by atoms with Gasteiger partial charge in [0.05, 0.1) is 7.11 Å². The van der Waals surface area contributed by atoms with Crippen LogP contribution in [0, 0.1) is 6.92 Å². The highest BCUT2D eigenvalue weighted by Gasteiger charge is 2.09. The van der Waals surface area contributed by atoms with Gasteiger partial charge in [-0.25, -0.2) is 4.98 Å². The average molecular weight is 205 g/mol. The van der Waals surface area contributed by atoms with Gasteiger partial charge in [0.25, 0.3) is 0 Å². The van der Waals surface area contributed by atoms with Gasteiger partial charge in [0.2, 0.25) is 5.95 Å². The molecule has 6 nitrogen and oxygen atoms in total. The molecule has 0 saturated carbocycles. The lowest BCUT2D eigenvalue weighted by Crippen LogP contribution is -2.04. The maximum Gasteiger partial charge on any atom is 0.337 e. The summed E-state index contributed by atoms with van der Waals surface area (Å²) >= 11 is 0. The first-order valence-corrected chi connectivity index (χ1v) is 4.40. The van der Waals surface area contributed by atoms with E-state index in [-0.39, 0.29) is 12.0 Å². The summed E-state index contributed by atoms with van der Waals surface area (Å²) in [6.07, 6.45) is 1.69. The van der Waals surface area contributed by atoms with E-state index in [1.807, 2.05) is 19.1 Å². The molecule has 0 atom stereocenters. The number of nitrogens with zero attached hydrogens (tertiary/aromatic N) is 4. The molecule has 2 heterocycles. The molecule has 15 heavy (non-hydrogen) atoms. The molecular formula is C9H11N5O. The molecule has 78 valence electrons. The highest BCUT2D eigenvalue weighted by Crippen LogP contribution is 2.13. The molecule has 0 amide bonds. The van der Waals surface area contributed by atoms with Gasteiger partial charge >= 0.3 is 6.01 Å². The first kappa shape index (κ1) is 9.45. The normalized spacial score (nSPS) is 10.3. The van der Waals surface area contributed by atoms with Crippen LogP contribution in [0.15, 0.2) is 18.3 Å². The Morgan fingerprint density at radius 3 is 2.87 bits per heavy atom. The summed E-state index contributed by atoms with van der Waals surface area (Å²) in [5, 5.41) is 4.04. The Balaban J connectivity index is 2.48. The van der Waals surface area contributed by atoms with E-state index in [1.165, 1.54) is 11.8 Å². The van der Waals surface area contributed by atoms with Crippen molar-refractivity contribution in [2.24, 2.45) is 0 Å². The number of pyridine rings is 1. The molecule has 6 heteroatoms. The van der Waals surface area contributed by atoms with E-state index in [4.69, 9.17) is 10.5 Å². The Hall–Kier alpha value is -2.11. The molecule has 0 radical (unpaired) electrons. The predicted octanol–water partition coefficient (Wildman–Crippen LogP) is 0.562. The van der Waals surface area contributed by atoms with E-state index in [2.05, 4.69) is 15.1 Å². The van der Waals surface area contributed by atoms with Crippen LogP contribution in [0.3, 0.4) is 0 Å². The lowest BCUT2D eigenvalue weighted by molar-refractivity contribution is 0.379. The molecule has 2 aromatic rings. The zero-order valence-electron chi connectivity index (χ0n) is 8.51. The Kier molecular flexibility index (Phi) is 2.24. The fourth-order valence-corrected chi connectivity index (χ4v) is 1.20. The SMILES string of the molecule is COc1nc(N)n(-c2cc(C)ccn2)n1. The van der Waals surface area contributed by atoms with Crippen molar-refractivity contribution in [2.45, 2.75) is 6.92 Å². The lowest BCUT2D eigenvalue weighted by atomic mass is 10.3. The molecule has 0 bridgehead atoms. The van der Waals surface area contributed by atoms with Crippen molar-refractivity contribution in [2.75, 3.05) is 12.8 Å². The number of anilines is 1. The highest BCUT2D eigenvalue weighted by atomic mass is 16.5. The van der Waals surface area contributed by atoms with E-state index in [9.17, 15) is 0 Å². The number of nitrogen functional groups attached to an aromatic ring is 1. The van der Waals surface area contributed by atoms with Crippen molar-refractivity contribution in [1.82, 2.24) is 19.7 Å². The topological polar surface area (TPSA) is 78.9 Å². The van der Waals surface area contributed by atoms with Crippen molar-refractivity contribution in [3.8, 4) is 11.8 Å². The first-order valence-electron chi connectivity index (χ1n) is 4.40. The summed E-state index contributed by atoms with van der Waals surface area (Å²) in [6.45, 7) is 1.97. The van der Waals surface area contributed by atoms with E-state index in [0.29, 0.717) is 5.82 Å². The maximum atomic E-state index is 5.67. The molecule has 0 unspecified atom stereocenters. The Morgan fingerprint density at radius 1 is 1.47 bits per heavy atom. The third kappa shape index (κ3) is 1.74. The number of hydrogen-bond acceptors (Lipinski definition) is 5. The number of nitrogens with two attached hydrogens (primary N) is 1. The number of ether oxygens (including phenoxy) is 1. The van der Waals surface area contributed by atoms with Crippen molar-refractivity contribution in [3.05, 3.63) is 23.9 Å². The molecule has 0 aromatic carbocycles. The second kappa shape index (κ2) is 3.56. The molecule has 2 rings (SSSR count). The second-order valence-electron chi connectivity index (χ2n) is 3.06. The highest BCUT2D eigenvalue weighted by molar-refractivity contribution is 5.34. The van der Waals surface area contributed by atoms with Crippen LogP contribution in [-0.4, -0.2) is 26.9 Å². The first-order chi connectivity index (χ1) is 7.20. The minimum atomic E-state index is 0.232. The number of aromatic nitrogens is 4. The van der Waals surface area contributed by atoms with Crippen LogP contribution in [-0.2, 0) is 0 Å². The Morgan fingerprint density at radius 2 is 2.27 bits per heavy atom. The quantitative estimate of drug-likeness (QED) is 0.775. The molecule has 2 aromatic heterocycles. The molecule has 2 N–H and O–H groups in total. The van der Waals surface area contributed by atoms with Gasteiger partial charge in [0.1, 0.15) is 0 Å². The van der Waals surface area contributed by atoms with Crippen molar-refractivity contribution in [3.63, 3.8) is 0 Å². The van der Waals surface area contributed by atoms with Crippen LogP contribution in [0.2, 0.25) is 0 Å². The largest absolute Gasteiger partial charge is 0.466 e. The molecular weight excluding hydrogens is 194 g/mol. The molecule has 0 spiro atoms. The summed E-state index contributed by atoms with van der Waals surface area (Å²) in [4.78, 5) is 8.05. The Bertz CT molecular complexity index is 479. The van der Waals surface area contributed by atoms with Gasteiger partial charge in [-0.05, 0) is 24.6 Å². The fourth-order valence-electron chi connectivity index (χ4n) is 1.20. The summed E-state index contributed by atoms with van der Waals surface area (Å²) in [5.41, 5.74) is 6.75. The van der Waals surface area contributed by atoms with E-state index in [1.54, 1.807) is 6.20 Å². The third-order valence-electron chi connectivity index (χ3n) is 1.91. The number of methoxy groups -OCH3 is 1. The van der Waals surface area contributed by atoms with E-state index < -0.39 is 0 Å². The van der Waals surface area contributed by atoms with Crippen LogP contribution in [0.4, 0.5) is 5.95 Å². The standard InChI is InChI=1S/C9H11N5O/c1-6-3-4-11-7(5-6)14-8(10)12-9(13-14)15-2/h3-5H,1-2H3,(H2,10,12,13). The summed E-state index contributed by atoms with van der Waals surface area (Å²) in [5.74, 6) is 0.883. The zero-order valence-corrected chi connectivity index (χ0v) is 8.51. The van der Waals surface area contributed by atoms with Gasteiger partial charge < -0.3 is 10.5 Å². The number of hydrogen-bond donors (Lipinski definition) is 1. The zero-order chi connectivity index (χ0) is 10.8. The van der Waals surface area contributed by atoms with Crippen LogP contribution < -0.4 is 10.5 Å². The van der Waals surface area contributed by atoms with Gasteiger partial charge in [-0.2, -0.15) is 9.67 Å². The smallest absolute Gasteiger partial charge is 0.337 e. The van der Waals surface area contributed by atoms with Crippen molar-refractivity contribution >= 4 is 5.95 Å². The van der Waals surface area contributed by atoms with Crippen LogP contribution >= 0.6 is 0 Å². The maximum absolute atomic E-state index is 5.67. The fraction of sp³-hybridized carbons (Fsp3) is 0.222. The second-order valence-corrected chi connectivity index (χ2v) is 3.06. The predicted molar refractivity (Wildman–Crippen MR) is 54.9 cm³/mol. The molecule has 0 fully saturated rings. The number of aryl methyl sites for hydroxylation is 1. The molecule has 0 aliphatic heterocycles. The van der Waals surface area contributed by atoms with Crippen LogP contribution in [0.5, 0.6) is 6.01 Å². The molecule has 0 saturated heterocycles. The van der Waals surface area contributed by atoms with Gasteiger partial charge in [0.15, 0.2) is 5.82 Å². The minimum absolute atomic E-state index is 0.232. The number of rotatable bonds is 2. The van der Waals surface area contributed by atoms with Crippen molar-refractivity contribution < 1.29 is 4.74 Å². The van der Waals surface area contributed by atoms with Gasteiger partial charge in [0, 0.05) is 6.20 Å². The summed E-state index contributed by atoms with van der Waals surface area (Å²) in [7, 11) is 1.49. The molecule has 0 aliphatic rings. The lowest BCUT2D eigenvalue weighted by Gasteiger charge is -2.01. The van der Waals surface area contributed by atoms with Crippen LogP contribution in [0.25, 0.3) is 5.82 Å². The van der Waals surface area contributed by atoms with Crippen molar-refractivity contribution in [1.29, 1.82) is 0 Å². The molecule has 0 aliphatic carbocycles. The van der Waals surface area contributed by atoms with Gasteiger partial charge in [-0.3, -0.25) is 0 Å². The summed E-state index contributed by atoms with van der Waals surface area (Å²) < 4.78 is 6.31. The monoisotopic (exact) mass is 205 g/mol.